The minimum atomic E-state index is -4.52. The Hall–Kier alpha value is -4.68. The molecule has 196 valence electrons. The number of amides is 1. The lowest BCUT2D eigenvalue weighted by molar-refractivity contribution is -0.185. The molecule has 10 nitrogen and oxygen atoms in total. The number of alkyl halides is 3. The van der Waals surface area contributed by atoms with Gasteiger partial charge in [-0.25, -0.2) is 9.97 Å². The van der Waals surface area contributed by atoms with Gasteiger partial charge in [0.1, 0.15) is 5.41 Å². The summed E-state index contributed by atoms with van der Waals surface area (Å²) in [5, 5.41) is 13.4. The molecule has 0 fully saturated rings. The predicted molar refractivity (Wildman–Crippen MR) is 133 cm³/mol. The summed E-state index contributed by atoms with van der Waals surface area (Å²) >= 11 is 0. The molecule has 4 aromatic heterocycles. The van der Waals surface area contributed by atoms with E-state index in [-0.39, 0.29) is 18.0 Å². The Balaban J connectivity index is 1.27. The van der Waals surface area contributed by atoms with Crippen LogP contribution in [-0.2, 0) is 23.7 Å². The van der Waals surface area contributed by atoms with Crippen LogP contribution in [0.1, 0.15) is 25.2 Å². The fourth-order valence-corrected chi connectivity index (χ4v) is 3.78. The number of nitrogens with zero attached hydrogens (tertiary/aromatic N) is 6. The van der Waals surface area contributed by atoms with Crippen molar-refractivity contribution in [2.24, 2.45) is 7.05 Å². The molecule has 0 saturated heterocycles. The lowest BCUT2D eigenvalue weighted by Gasteiger charge is -2.24. The summed E-state index contributed by atoms with van der Waals surface area (Å²) in [6.07, 6.45) is 4.20. The van der Waals surface area contributed by atoms with Crippen molar-refractivity contribution in [1.29, 1.82) is 0 Å². The van der Waals surface area contributed by atoms with Gasteiger partial charge in [0, 0.05) is 37.3 Å². The maximum atomic E-state index is 13.2. The van der Waals surface area contributed by atoms with Crippen LogP contribution >= 0.6 is 0 Å². The second-order valence-electron chi connectivity index (χ2n) is 9.26. The number of aromatic nitrogens is 6. The number of aryl methyl sites for hydroxylation is 1. The van der Waals surface area contributed by atoms with Gasteiger partial charge < -0.3 is 15.2 Å². The first-order valence-corrected chi connectivity index (χ1v) is 11.5. The average Bonchev–Trinajstić information content (AvgIpc) is 3.59. The summed E-state index contributed by atoms with van der Waals surface area (Å²) in [4.78, 5) is 21.4. The number of anilines is 3. The van der Waals surface area contributed by atoms with Crippen LogP contribution in [0, 0.1) is 0 Å². The van der Waals surface area contributed by atoms with Gasteiger partial charge in [0.05, 0.1) is 30.2 Å². The maximum Gasteiger partial charge on any atom is 0.401 e. The lowest BCUT2D eigenvalue weighted by Crippen LogP contribution is -2.35. The molecular formula is C25H23F3N8O2. The molecular weight excluding hydrogens is 501 g/mol. The highest BCUT2D eigenvalue weighted by atomic mass is 19.4. The summed E-state index contributed by atoms with van der Waals surface area (Å²) in [7, 11) is 1.82. The number of carbonyl (C=O) groups excluding carboxylic acids is 1. The standard InChI is InChI=1S/C25H23F3N8O2/c1-24(2,25(26,27)28)19-11-20(34-38-19)33-21(37)10-15-4-6-16(7-5-15)18-13-30-23-22(29-8-9-36(18)23)32-17-12-31-35(3)14-17/h4-9,11-14H,10H2,1-3H3,(H,29,32)(H,33,34,37). The molecule has 0 bridgehead atoms. The van der Waals surface area contributed by atoms with Gasteiger partial charge >= 0.3 is 6.18 Å². The number of nitrogens with one attached hydrogen (secondary N) is 2. The molecule has 4 heterocycles. The van der Waals surface area contributed by atoms with Gasteiger partial charge in [-0.15, -0.1) is 0 Å². The molecule has 13 heteroatoms. The van der Waals surface area contributed by atoms with E-state index in [2.05, 4.69) is 30.9 Å². The third-order valence-corrected chi connectivity index (χ3v) is 6.11. The van der Waals surface area contributed by atoms with E-state index in [4.69, 9.17) is 4.52 Å². The summed E-state index contributed by atoms with van der Waals surface area (Å²) in [6.45, 7) is 1.97. The Kier molecular flexibility index (Phi) is 6.13. The molecule has 5 rings (SSSR count). The summed E-state index contributed by atoms with van der Waals surface area (Å²) in [5.74, 6) is -0.315. The van der Waals surface area contributed by atoms with E-state index >= 15 is 0 Å². The summed E-state index contributed by atoms with van der Waals surface area (Å²) < 4.78 is 48.1. The minimum Gasteiger partial charge on any atom is -0.358 e. The van der Waals surface area contributed by atoms with Gasteiger partial charge in [-0.2, -0.15) is 18.3 Å². The molecule has 0 radical (unpaired) electrons. The summed E-state index contributed by atoms with van der Waals surface area (Å²) in [5.41, 5.74) is 1.59. The number of hydrogen-bond acceptors (Lipinski definition) is 7. The van der Waals surface area contributed by atoms with Crippen molar-refractivity contribution >= 4 is 28.9 Å². The van der Waals surface area contributed by atoms with E-state index in [1.54, 1.807) is 41.6 Å². The van der Waals surface area contributed by atoms with Crippen LogP contribution in [0.5, 0.6) is 0 Å². The van der Waals surface area contributed by atoms with Crippen LogP contribution < -0.4 is 10.6 Å². The molecule has 0 unspecified atom stereocenters. The van der Waals surface area contributed by atoms with Gasteiger partial charge in [0.25, 0.3) is 0 Å². The van der Waals surface area contributed by atoms with Gasteiger partial charge in [-0.1, -0.05) is 29.4 Å². The first-order valence-electron chi connectivity index (χ1n) is 11.5. The third-order valence-electron chi connectivity index (χ3n) is 6.11. The second-order valence-corrected chi connectivity index (χ2v) is 9.26. The number of imidazole rings is 1. The van der Waals surface area contributed by atoms with Crippen molar-refractivity contribution < 1.29 is 22.5 Å². The van der Waals surface area contributed by atoms with Crippen LogP contribution in [-0.4, -0.2) is 41.4 Å². The second kappa shape index (κ2) is 9.32. The Morgan fingerprint density at radius 2 is 1.87 bits per heavy atom. The molecule has 0 aliphatic rings. The number of benzene rings is 1. The molecule has 38 heavy (non-hydrogen) atoms. The molecule has 0 saturated carbocycles. The van der Waals surface area contributed by atoms with E-state index < -0.39 is 17.5 Å². The highest BCUT2D eigenvalue weighted by Gasteiger charge is 2.51. The maximum absolute atomic E-state index is 13.2. The smallest absolute Gasteiger partial charge is 0.358 e. The molecule has 2 N–H and O–H groups in total. The van der Waals surface area contributed by atoms with Crippen LogP contribution in [0.4, 0.5) is 30.5 Å². The van der Waals surface area contributed by atoms with Crippen molar-refractivity contribution in [2.45, 2.75) is 31.9 Å². The highest BCUT2D eigenvalue weighted by molar-refractivity contribution is 5.91. The number of halogens is 3. The molecule has 1 amide bonds. The zero-order valence-electron chi connectivity index (χ0n) is 20.6. The van der Waals surface area contributed by atoms with Crippen LogP contribution in [0.15, 0.2) is 65.8 Å². The molecule has 0 aliphatic heterocycles. The normalized spacial score (nSPS) is 12.2. The van der Waals surface area contributed by atoms with Gasteiger partial charge in [-0.3, -0.25) is 13.9 Å². The largest absolute Gasteiger partial charge is 0.401 e. The number of rotatable bonds is 7. The fourth-order valence-electron chi connectivity index (χ4n) is 3.78. The van der Waals surface area contributed by atoms with Crippen molar-refractivity contribution in [1.82, 2.24) is 29.3 Å². The average molecular weight is 525 g/mol. The van der Waals surface area contributed by atoms with Crippen LogP contribution in [0.25, 0.3) is 16.9 Å². The SMILES string of the molecule is Cn1cc(Nc2nccn3c(-c4ccc(CC(=O)Nc5cc(C(C)(C)C(F)(F)F)on5)cc4)cnc23)cn1. The fraction of sp³-hybridized carbons (Fsp3) is 0.240. The van der Waals surface area contributed by atoms with E-state index in [0.29, 0.717) is 17.0 Å². The van der Waals surface area contributed by atoms with E-state index in [0.717, 1.165) is 36.9 Å². The molecule has 0 spiro atoms. The molecule has 0 atom stereocenters. The van der Waals surface area contributed by atoms with Crippen molar-refractivity contribution in [3.8, 4) is 11.3 Å². The molecule has 1 aromatic carbocycles. The minimum absolute atomic E-state index is 0.00138. The highest BCUT2D eigenvalue weighted by Crippen LogP contribution is 2.41. The quantitative estimate of drug-likeness (QED) is 0.312. The first-order chi connectivity index (χ1) is 18.0. The topological polar surface area (TPSA) is 115 Å². The number of carbonyl (C=O) groups is 1. The molecule has 0 aliphatic carbocycles. The Morgan fingerprint density at radius 3 is 2.55 bits per heavy atom. The monoisotopic (exact) mass is 524 g/mol. The summed E-state index contributed by atoms with van der Waals surface area (Å²) in [6, 6.07) is 8.41. The third kappa shape index (κ3) is 4.82. The van der Waals surface area contributed by atoms with Crippen molar-refractivity contribution in [2.75, 3.05) is 10.6 Å². The van der Waals surface area contributed by atoms with E-state index in [1.807, 2.05) is 29.8 Å². The Labute approximate surface area is 214 Å². The zero-order valence-corrected chi connectivity index (χ0v) is 20.6. The van der Waals surface area contributed by atoms with E-state index in [9.17, 15) is 18.0 Å². The van der Waals surface area contributed by atoms with Crippen LogP contribution in [0.2, 0.25) is 0 Å². The first kappa shape index (κ1) is 25.0. The Morgan fingerprint density at radius 1 is 1.11 bits per heavy atom. The van der Waals surface area contributed by atoms with Crippen molar-refractivity contribution in [3.63, 3.8) is 0 Å². The molecule has 5 aromatic rings. The zero-order chi connectivity index (χ0) is 27.1. The predicted octanol–water partition coefficient (Wildman–Crippen LogP) is 4.88. The number of hydrogen-bond donors (Lipinski definition) is 2. The van der Waals surface area contributed by atoms with E-state index in [1.165, 1.54) is 0 Å². The van der Waals surface area contributed by atoms with Gasteiger partial charge in [0.15, 0.2) is 23.0 Å². The van der Waals surface area contributed by atoms with Crippen molar-refractivity contribution in [3.05, 3.63) is 72.6 Å². The number of fused-ring (bicyclic) bond motifs is 1. The lowest BCUT2D eigenvalue weighted by atomic mass is 9.89. The Bertz CT molecular complexity index is 1600. The van der Waals surface area contributed by atoms with Gasteiger partial charge in [-0.05, 0) is 19.4 Å². The van der Waals surface area contributed by atoms with Crippen LogP contribution in [0.3, 0.4) is 0 Å². The van der Waals surface area contributed by atoms with Gasteiger partial charge in [0.2, 0.25) is 5.91 Å².